The predicted octanol–water partition coefficient (Wildman–Crippen LogP) is -1.69. The van der Waals surface area contributed by atoms with Crippen molar-refractivity contribution in [3.05, 3.63) is 53.9 Å². The number of rotatable bonds is 3. The predicted molar refractivity (Wildman–Crippen MR) is 121 cm³/mol. The molecule has 0 aliphatic rings. The van der Waals surface area contributed by atoms with Crippen LogP contribution in [0.2, 0.25) is 0 Å². The molecule has 0 fully saturated rings. The summed E-state index contributed by atoms with van der Waals surface area (Å²) in [6.45, 7) is 0. The van der Waals surface area contributed by atoms with Crippen LogP contribution >= 0.6 is 0 Å². The van der Waals surface area contributed by atoms with Gasteiger partial charge < -0.3 is 27.5 Å². The molecule has 0 saturated carbocycles. The van der Waals surface area contributed by atoms with Gasteiger partial charge in [-0.15, -0.1) is 0 Å². The number of carbonyl (C=O) groups is 2. The number of nitrogens with zero attached hydrogens (tertiary/aromatic N) is 3. The van der Waals surface area contributed by atoms with E-state index in [0.717, 1.165) is 0 Å². The van der Waals surface area contributed by atoms with E-state index in [-0.39, 0.29) is 23.0 Å². The van der Waals surface area contributed by atoms with Crippen LogP contribution in [0.4, 0.5) is 0 Å². The highest BCUT2D eigenvalue weighted by atomic mass is 32.2. The van der Waals surface area contributed by atoms with Crippen LogP contribution in [0.3, 0.4) is 0 Å². The smallest absolute Gasteiger partial charge is 0.282 e. The van der Waals surface area contributed by atoms with E-state index in [0.29, 0.717) is 18.2 Å². The van der Waals surface area contributed by atoms with Crippen LogP contribution in [-0.4, -0.2) is 66.8 Å². The minimum atomic E-state index is -3.67. The highest BCUT2D eigenvalue weighted by molar-refractivity contribution is 7.85. The van der Waals surface area contributed by atoms with Gasteiger partial charge >= 0.3 is 0 Å². The van der Waals surface area contributed by atoms with E-state index in [4.69, 9.17) is 32.0 Å². The van der Waals surface area contributed by atoms with E-state index in [1.165, 1.54) is 18.2 Å². The van der Waals surface area contributed by atoms with Crippen molar-refractivity contribution < 1.29 is 35.5 Å². The number of aliphatic imine (C=N–C) groups is 2. The molecule has 2 aromatic rings. The number of benzene rings is 1. The minimum absolute atomic E-state index is 0.211. The number of amides is 2. The average molecular weight is 506 g/mol. The first-order valence-corrected chi connectivity index (χ1v) is 12.0. The lowest BCUT2D eigenvalue weighted by Gasteiger charge is -2.10. The summed E-state index contributed by atoms with van der Waals surface area (Å²) in [5, 5.41) is 0. The Morgan fingerprint density at radius 2 is 1.21 bits per heavy atom. The normalized spacial score (nSPS) is 10.4. The van der Waals surface area contributed by atoms with E-state index in [1.807, 2.05) is 0 Å². The summed E-state index contributed by atoms with van der Waals surface area (Å²) >= 11 is 0. The Morgan fingerprint density at radius 3 is 1.61 bits per heavy atom. The molecule has 0 bridgehead atoms. The summed E-state index contributed by atoms with van der Waals surface area (Å²) in [6, 6.07) is 7.85. The highest BCUT2D eigenvalue weighted by Crippen LogP contribution is 2.19. The zero-order chi connectivity index (χ0) is 26.0. The van der Waals surface area contributed by atoms with Crippen molar-refractivity contribution in [2.45, 2.75) is 0 Å². The molecular weight excluding hydrogens is 482 g/mol. The molecule has 0 radical (unpaired) electrons. The Bertz CT molecular complexity index is 1200. The molecule has 0 saturated heterocycles. The quantitative estimate of drug-likeness (QED) is 0.155. The zero-order valence-corrected chi connectivity index (χ0v) is 19.0. The highest BCUT2D eigenvalue weighted by Gasteiger charge is 2.15. The molecule has 1 aromatic heterocycles. The van der Waals surface area contributed by atoms with Gasteiger partial charge in [0.25, 0.3) is 32.1 Å². The molecular formula is C16H23N7O8S2. The average Bonchev–Trinajstić information content (AvgIpc) is 3.11. The maximum Gasteiger partial charge on any atom is 0.282 e. The number of hydrogen-bond acceptors (Lipinski definition) is 6. The first kappa shape index (κ1) is 29.2. The van der Waals surface area contributed by atoms with Crippen molar-refractivity contribution in [3.8, 4) is 5.69 Å². The van der Waals surface area contributed by atoms with Crippen LogP contribution in [-0.2, 0) is 20.2 Å². The summed E-state index contributed by atoms with van der Waals surface area (Å²) in [6.07, 6.45) is 4.84. The lowest BCUT2D eigenvalue weighted by atomic mass is 10.1. The van der Waals surface area contributed by atoms with Crippen LogP contribution < -0.4 is 22.9 Å². The molecule has 2 rings (SSSR count). The first-order chi connectivity index (χ1) is 14.9. The second-order valence-corrected chi connectivity index (χ2v) is 8.90. The molecule has 10 N–H and O–H groups in total. The molecule has 0 atom stereocenters. The van der Waals surface area contributed by atoms with Crippen molar-refractivity contribution in [2.24, 2.45) is 32.9 Å². The molecule has 0 aliphatic heterocycles. The summed E-state index contributed by atoms with van der Waals surface area (Å²) in [7, 11) is -7.33. The molecule has 0 unspecified atom stereocenters. The third-order valence-electron chi connectivity index (χ3n) is 2.82. The lowest BCUT2D eigenvalue weighted by Crippen LogP contribution is -2.25. The van der Waals surface area contributed by atoms with E-state index in [1.54, 1.807) is 29.1 Å². The molecule has 33 heavy (non-hydrogen) atoms. The maximum absolute atomic E-state index is 12.1. The largest absolute Gasteiger partial charge is 0.370 e. The topological polar surface area (TPSA) is 277 Å². The molecule has 15 nitrogen and oxygen atoms in total. The lowest BCUT2D eigenvalue weighted by molar-refractivity contribution is 0.0990. The molecule has 1 aromatic carbocycles. The number of aromatic nitrogens is 1. The van der Waals surface area contributed by atoms with Gasteiger partial charge in [-0.2, -0.15) is 26.8 Å². The fourth-order valence-electron chi connectivity index (χ4n) is 1.91. The third kappa shape index (κ3) is 14.8. The van der Waals surface area contributed by atoms with Gasteiger partial charge in [-0.05, 0) is 30.3 Å². The number of carbonyl (C=O) groups excluding carboxylic acids is 2. The van der Waals surface area contributed by atoms with Gasteiger partial charge in [-0.3, -0.25) is 18.7 Å². The van der Waals surface area contributed by atoms with Crippen molar-refractivity contribution in [1.29, 1.82) is 0 Å². The fraction of sp³-hybridized carbons (Fsp3) is 0.125. The maximum atomic E-state index is 12.1. The fourth-order valence-corrected chi connectivity index (χ4v) is 1.91. The molecule has 182 valence electrons. The Labute approximate surface area is 189 Å². The summed E-state index contributed by atoms with van der Waals surface area (Å²) in [4.78, 5) is 31.0. The van der Waals surface area contributed by atoms with Crippen molar-refractivity contribution >= 4 is 44.0 Å². The molecule has 2 amide bonds. The molecule has 0 aliphatic carbocycles. The Hall–Kier alpha value is -3.80. The molecule has 0 spiro atoms. The Balaban J connectivity index is 0.000000859. The van der Waals surface area contributed by atoms with E-state index < -0.39 is 32.1 Å². The monoisotopic (exact) mass is 505 g/mol. The van der Waals surface area contributed by atoms with Gasteiger partial charge in [-0.1, -0.05) is 0 Å². The van der Waals surface area contributed by atoms with Gasteiger partial charge in [-0.25, -0.2) is 0 Å². The summed E-state index contributed by atoms with van der Waals surface area (Å²) in [5.74, 6) is -1.96. The Kier molecular flexibility index (Phi) is 10.9. The van der Waals surface area contributed by atoms with E-state index in [9.17, 15) is 26.4 Å². The second-order valence-electron chi connectivity index (χ2n) is 5.97. The third-order valence-corrected chi connectivity index (χ3v) is 2.82. The Morgan fingerprint density at radius 1 is 0.818 bits per heavy atom. The SMILES string of the molecule is CS(=O)(=O)O.CS(=O)(=O)O.NC(N)=NC(=O)c1ccc(C(=O)N=C(N)N)c(-n2cccc2)c1. The first-order valence-electron chi connectivity index (χ1n) is 8.28. The van der Waals surface area contributed by atoms with Gasteiger partial charge in [0, 0.05) is 18.0 Å². The van der Waals surface area contributed by atoms with Gasteiger partial charge in [0.05, 0.1) is 23.8 Å². The van der Waals surface area contributed by atoms with Crippen LogP contribution in [0, 0.1) is 0 Å². The second kappa shape index (κ2) is 12.3. The van der Waals surface area contributed by atoms with Crippen molar-refractivity contribution in [3.63, 3.8) is 0 Å². The number of hydrogen-bond donors (Lipinski definition) is 6. The molecule has 1 heterocycles. The minimum Gasteiger partial charge on any atom is -0.370 e. The van der Waals surface area contributed by atoms with Crippen LogP contribution in [0.1, 0.15) is 20.7 Å². The van der Waals surface area contributed by atoms with Crippen molar-refractivity contribution in [1.82, 2.24) is 4.57 Å². The summed E-state index contributed by atoms with van der Waals surface area (Å²) < 4.78 is 53.4. The van der Waals surface area contributed by atoms with Gasteiger partial charge in [0.15, 0.2) is 11.9 Å². The van der Waals surface area contributed by atoms with Crippen LogP contribution in [0.25, 0.3) is 5.69 Å². The number of nitrogens with two attached hydrogens (primary N) is 4. The van der Waals surface area contributed by atoms with E-state index in [2.05, 4.69) is 9.98 Å². The van der Waals surface area contributed by atoms with Crippen LogP contribution in [0.15, 0.2) is 52.7 Å². The van der Waals surface area contributed by atoms with Gasteiger partial charge in [0.1, 0.15) is 0 Å². The summed E-state index contributed by atoms with van der Waals surface area (Å²) in [5.41, 5.74) is 21.7. The van der Waals surface area contributed by atoms with Crippen LogP contribution in [0.5, 0.6) is 0 Å². The zero-order valence-electron chi connectivity index (χ0n) is 17.4. The number of guanidine groups is 2. The molecule has 17 heteroatoms. The van der Waals surface area contributed by atoms with E-state index >= 15 is 0 Å². The van der Waals surface area contributed by atoms with Gasteiger partial charge in [0.2, 0.25) is 0 Å². The standard InChI is InChI=1S/C14H15N7O2.2CH4O3S/c15-13(16)19-11(22)8-3-4-9(12(23)20-14(17)18)10(7-8)21-5-1-2-6-21;2*1-5(2,3)4/h1-7H,(H4,15,16,19,22)(H4,17,18,20,23);2*1H3,(H,2,3,4). The van der Waals surface area contributed by atoms with Crippen molar-refractivity contribution in [2.75, 3.05) is 12.5 Å².